The van der Waals surface area contributed by atoms with E-state index in [0.29, 0.717) is 25.6 Å². The maximum absolute atomic E-state index is 13.5. The molecule has 3 aromatic rings. The predicted octanol–water partition coefficient (Wildman–Crippen LogP) is 3.03. The Morgan fingerprint density at radius 3 is 2.90 bits per heavy atom. The minimum atomic E-state index is -0.927. The van der Waals surface area contributed by atoms with E-state index in [9.17, 15) is 10.1 Å². The molecule has 0 N–H and O–H groups in total. The van der Waals surface area contributed by atoms with Crippen LogP contribution in [0.5, 0.6) is 0 Å². The number of hydrogen-bond donors (Lipinski definition) is 0. The van der Waals surface area contributed by atoms with Crippen molar-refractivity contribution in [3.05, 3.63) is 24.0 Å². The number of carbonyl (C=O) groups excluding carboxylic acids is 1. The molecule has 3 fully saturated rings. The van der Waals surface area contributed by atoms with Crippen LogP contribution in [0.3, 0.4) is 0 Å². The SMILES string of the molecule is C[C@@H]1CN(c2nc(-c3cnn(C4COC4)c3)cc3ncsc23)C(=O)[C@]1(C#N)C1CC1. The number of aromatic nitrogens is 4. The van der Waals surface area contributed by atoms with E-state index in [1.165, 1.54) is 11.3 Å². The average Bonchev–Trinajstić information content (AvgIpc) is 3.15. The lowest BCUT2D eigenvalue weighted by molar-refractivity contribution is -0.124. The van der Waals surface area contributed by atoms with Crippen molar-refractivity contribution in [1.29, 1.82) is 5.26 Å². The highest BCUT2D eigenvalue weighted by molar-refractivity contribution is 7.17. The van der Waals surface area contributed by atoms with Gasteiger partial charge < -0.3 is 4.74 Å². The normalized spacial score (nSPS) is 26.9. The zero-order chi connectivity index (χ0) is 20.5. The Morgan fingerprint density at radius 2 is 2.20 bits per heavy atom. The molecule has 152 valence electrons. The van der Waals surface area contributed by atoms with Crippen LogP contribution < -0.4 is 4.90 Å². The second-order valence-corrected chi connectivity index (χ2v) is 9.36. The standard InChI is InChI=1S/C21H20N6O2S/c1-12-6-26(20(28)21(12,10-22)14-2-3-14)19-18-17(23-11-30-18)4-16(25-19)13-5-24-27(7-13)15-8-29-9-15/h4-5,7,11-12,14-15H,2-3,6,8-9H2,1H3/t12-,21+/m1/s1. The lowest BCUT2D eigenvalue weighted by Crippen LogP contribution is -2.37. The highest BCUT2D eigenvalue weighted by atomic mass is 32.1. The van der Waals surface area contributed by atoms with E-state index < -0.39 is 5.41 Å². The van der Waals surface area contributed by atoms with Crippen molar-refractivity contribution in [2.75, 3.05) is 24.7 Å². The highest BCUT2D eigenvalue weighted by Gasteiger charge is 2.61. The van der Waals surface area contributed by atoms with Crippen LogP contribution in [0.2, 0.25) is 0 Å². The molecule has 9 heteroatoms. The smallest absolute Gasteiger partial charge is 0.249 e. The monoisotopic (exact) mass is 420 g/mol. The molecule has 2 saturated heterocycles. The number of carbonyl (C=O) groups is 1. The van der Waals surface area contributed by atoms with Gasteiger partial charge in [0, 0.05) is 24.2 Å². The molecule has 6 rings (SSSR count). The molecule has 3 aromatic heterocycles. The van der Waals surface area contributed by atoms with Crippen molar-refractivity contribution in [2.24, 2.45) is 17.3 Å². The Balaban J connectivity index is 1.44. The molecule has 0 radical (unpaired) electrons. The molecular formula is C21H20N6O2S. The number of rotatable bonds is 4. The van der Waals surface area contributed by atoms with Crippen LogP contribution in [0.1, 0.15) is 25.8 Å². The number of nitriles is 1. The van der Waals surface area contributed by atoms with Gasteiger partial charge in [-0.2, -0.15) is 10.4 Å². The van der Waals surface area contributed by atoms with Crippen molar-refractivity contribution in [3.63, 3.8) is 0 Å². The third kappa shape index (κ3) is 2.41. The van der Waals surface area contributed by atoms with Crippen molar-refractivity contribution < 1.29 is 9.53 Å². The van der Waals surface area contributed by atoms with Crippen molar-refractivity contribution in [3.8, 4) is 17.3 Å². The summed E-state index contributed by atoms with van der Waals surface area (Å²) in [7, 11) is 0. The fraction of sp³-hybridized carbons (Fsp3) is 0.476. The summed E-state index contributed by atoms with van der Waals surface area (Å²) in [5.74, 6) is 0.636. The third-order valence-electron chi connectivity index (χ3n) is 6.68. The molecule has 0 spiro atoms. The molecule has 0 unspecified atom stereocenters. The molecule has 2 aliphatic heterocycles. The van der Waals surface area contributed by atoms with Crippen molar-refractivity contribution >= 4 is 33.3 Å². The number of nitrogens with zero attached hydrogens (tertiary/aromatic N) is 6. The summed E-state index contributed by atoms with van der Waals surface area (Å²) < 4.78 is 8.04. The second kappa shape index (κ2) is 6.33. The number of fused-ring (bicyclic) bond motifs is 1. The Morgan fingerprint density at radius 1 is 1.37 bits per heavy atom. The first-order chi connectivity index (χ1) is 14.6. The first kappa shape index (κ1) is 18.0. The van der Waals surface area contributed by atoms with Gasteiger partial charge in [-0.1, -0.05) is 6.92 Å². The van der Waals surface area contributed by atoms with Gasteiger partial charge in [-0.3, -0.25) is 14.4 Å². The van der Waals surface area contributed by atoms with E-state index in [2.05, 4.69) is 16.2 Å². The van der Waals surface area contributed by atoms with Crippen molar-refractivity contribution in [1.82, 2.24) is 19.7 Å². The Kier molecular flexibility index (Phi) is 3.80. The fourth-order valence-electron chi connectivity index (χ4n) is 4.71. The topological polar surface area (TPSA) is 96.9 Å². The van der Waals surface area contributed by atoms with Crippen LogP contribution in [0, 0.1) is 28.6 Å². The number of amides is 1. The maximum Gasteiger partial charge on any atom is 0.249 e. The summed E-state index contributed by atoms with van der Waals surface area (Å²) in [4.78, 5) is 24.6. The van der Waals surface area contributed by atoms with Crippen LogP contribution >= 0.6 is 11.3 Å². The van der Waals surface area contributed by atoms with E-state index in [1.807, 2.05) is 23.9 Å². The Labute approximate surface area is 177 Å². The first-order valence-corrected chi connectivity index (χ1v) is 11.1. The molecule has 0 aromatic carbocycles. The number of anilines is 1. The molecule has 5 heterocycles. The summed E-state index contributed by atoms with van der Waals surface area (Å²) >= 11 is 1.47. The van der Waals surface area contributed by atoms with Crippen molar-refractivity contribution in [2.45, 2.75) is 25.8 Å². The fourth-order valence-corrected chi connectivity index (χ4v) is 5.48. The zero-order valence-electron chi connectivity index (χ0n) is 16.5. The molecule has 1 saturated carbocycles. The summed E-state index contributed by atoms with van der Waals surface area (Å²) in [6.07, 6.45) is 5.66. The summed E-state index contributed by atoms with van der Waals surface area (Å²) in [5, 5.41) is 14.4. The molecule has 0 bridgehead atoms. The van der Waals surface area contributed by atoms with Gasteiger partial charge in [0.05, 0.1) is 52.9 Å². The van der Waals surface area contributed by atoms with Crippen LogP contribution in [0.4, 0.5) is 5.82 Å². The van der Waals surface area contributed by atoms with Gasteiger partial charge in [0.25, 0.3) is 0 Å². The molecule has 3 aliphatic rings. The summed E-state index contributed by atoms with van der Waals surface area (Å²) in [6, 6.07) is 4.60. The van der Waals surface area contributed by atoms with E-state index in [4.69, 9.17) is 9.72 Å². The minimum absolute atomic E-state index is 0.0303. The summed E-state index contributed by atoms with van der Waals surface area (Å²) in [5.41, 5.74) is 3.27. The average molecular weight is 420 g/mol. The van der Waals surface area contributed by atoms with Gasteiger partial charge in [0.2, 0.25) is 5.91 Å². The molecule has 2 atom stereocenters. The Hall–Kier alpha value is -2.83. The number of thiazole rings is 1. The van der Waals surface area contributed by atoms with Gasteiger partial charge in [-0.25, -0.2) is 9.97 Å². The van der Waals surface area contributed by atoms with Crippen LogP contribution in [-0.2, 0) is 9.53 Å². The minimum Gasteiger partial charge on any atom is -0.377 e. The van der Waals surface area contributed by atoms with Gasteiger partial charge in [0.1, 0.15) is 5.41 Å². The third-order valence-corrected chi connectivity index (χ3v) is 7.52. The quantitative estimate of drug-likeness (QED) is 0.644. The second-order valence-electron chi connectivity index (χ2n) is 8.50. The molecule has 1 aliphatic carbocycles. The number of hydrogen-bond acceptors (Lipinski definition) is 7. The van der Waals surface area contributed by atoms with E-state index in [1.54, 1.807) is 16.6 Å². The lowest BCUT2D eigenvalue weighted by Gasteiger charge is -2.25. The highest BCUT2D eigenvalue weighted by Crippen LogP contribution is 2.55. The van der Waals surface area contributed by atoms with Gasteiger partial charge in [0.15, 0.2) is 5.82 Å². The lowest BCUT2D eigenvalue weighted by atomic mass is 9.75. The Bertz CT molecular complexity index is 1200. The van der Waals surface area contributed by atoms with E-state index in [-0.39, 0.29) is 23.8 Å². The molecular weight excluding hydrogens is 400 g/mol. The van der Waals surface area contributed by atoms with E-state index >= 15 is 0 Å². The molecule has 8 nitrogen and oxygen atoms in total. The van der Waals surface area contributed by atoms with Crippen LogP contribution in [0.15, 0.2) is 24.0 Å². The zero-order valence-corrected chi connectivity index (χ0v) is 17.3. The molecule has 1 amide bonds. The largest absolute Gasteiger partial charge is 0.377 e. The maximum atomic E-state index is 13.5. The van der Waals surface area contributed by atoms with Gasteiger partial charge in [-0.05, 0) is 24.8 Å². The van der Waals surface area contributed by atoms with Crippen LogP contribution in [-0.4, -0.2) is 45.4 Å². The van der Waals surface area contributed by atoms with Crippen LogP contribution in [0.25, 0.3) is 21.5 Å². The first-order valence-electron chi connectivity index (χ1n) is 10.2. The van der Waals surface area contributed by atoms with Gasteiger partial charge >= 0.3 is 0 Å². The predicted molar refractivity (Wildman–Crippen MR) is 111 cm³/mol. The summed E-state index contributed by atoms with van der Waals surface area (Å²) in [6.45, 7) is 3.86. The molecule has 30 heavy (non-hydrogen) atoms. The number of pyridine rings is 1. The van der Waals surface area contributed by atoms with E-state index in [0.717, 1.165) is 34.3 Å². The van der Waals surface area contributed by atoms with Gasteiger partial charge in [-0.15, -0.1) is 11.3 Å². The number of ether oxygens (including phenoxy) is 1.